The van der Waals surface area contributed by atoms with Gasteiger partial charge in [-0.3, -0.25) is 4.79 Å². The second-order valence-corrected chi connectivity index (χ2v) is 5.54. The Hall–Kier alpha value is -1.81. The number of ether oxygens (including phenoxy) is 1. The summed E-state index contributed by atoms with van der Waals surface area (Å²) in [5, 5.41) is 4.20. The van der Waals surface area contributed by atoms with Gasteiger partial charge in [-0.15, -0.1) is 0 Å². The molecule has 0 radical (unpaired) electrons. The van der Waals surface area contributed by atoms with Crippen LogP contribution in [0.5, 0.6) is 5.75 Å². The zero-order valence-corrected chi connectivity index (χ0v) is 17.8. The lowest BCUT2D eigenvalue weighted by Crippen LogP contribution is -2.23. The summed E-state index contributed by atoms with van der Waals surface area (Å²) >= 11 is 6.09. The van der Waals surface area contributed by atoms with Crippen LogP contribution < -0.4 is 10.3 Å². The van der Waals surface area contributed by atoms with Crippen molar-refractivity contribution in [1.82, 2.24) is 9.78 Å². The van der Waals surface area contributed by atoms with Gasteiger partial charge in [-0.05, 0) is 24.0 Å². The van der Waals surface area contributed by atoms with Crippen LogP contribution in [0, 0.1) is 0 Å². The third-order valence-electron chi connectivity index (χ3n) is 3.50. The molecule has 146 valence electrons. The van der Waals surface area contributed by atoms with E-state index in [1.54, 1.807) is 0 Å². The van der Waals surface area contributed by atoms with Gasteiger partial charge in [-0.25, -0.2) is 4.68 Å². The van der Waals surface area contributed by atoms with E-state index in [1.165, 1.54) is 16.4 Å². The van der Waals surface area contributed by atoms with Gasteiger partial charge in [-0.1, -0.05) is 83.8 Å². The van der Waals surface area contributed by atoms with E-state index in [4.69, 9.17) is 16.3 Å². The molecule has 0 amide bonds. The molecule has 1 aromatic heterocycles. The van der Waals surface area contributed by atoms with E-state index < -0.39 is 0 Å². The predicted molar refractivity (Wildman–Crippen MR) is 111 cm³/mol. The first-order valence-corrected chi connectivity index (χ1v) is 9.99. The predicted octanol–water partition coefficient (Wildman–Crippen LogP) is 5.89. The number of aryl methyl sites for hydroxylation is 2. The van der Waals surface area contributed by atoms with Crippen molar-refractivity contribution in [3.63, 3.8) is 0 Å². The Morgan fingerprint density at radius 1 is 1.04 bits per heavy atom. The van der Waals surface area contributed by atoms with E-state index in [0.717, 1.165) is 24.8 Å². The van der Waals surface area contributed by atoms with Crippen LogP contribution in [0.4, 0.5) is 0 Å². The molecule has 5 heteroatoms. The summed E-state index contributed by atoms with van der Waals surface area (Å²) in [4.78, 5) is 12.1. The molecule has 2 aromatic rings. The third-order valence-corrected chi connectivity index (χ3v) is 3.85. The minimum atomic E-state index is -0.297. The Bertz CT molecular complexity index is 667. The molecule has 0 atom stereocenters. The largest absolute Gasteiger partial charge is 0.485 e. The van der Waals surface area contributed by atoms with Gasteiger partial charge in [-0.2, -0.15) is 5.10 Å². The van der Waals surface area contributed by atoms with Gasteiger partial charge in [0.1, 0.15) is 6.61 Å². The number of nitrogens with zero attached hydrogens (tertiary/aromatic N) is 2. The van der Waals surface area contributed by atoms with Crippen LogP contribution in [0.2, 0.25) is 5.02 Å². The standard InChI is InChI=1S/C17H21ClN2O2.2C2H6/c1-3-5-10-20-17(21)16(18)15(11-19-20)22-12-14-8-6-13(4-2)7-9-14;2*1-2/h6-9,11H,3-5,10,12H2,1-2H3;2*1-2H3. The van der Waals surface area contributed by atoms with Gasteiger partial charge in [0.25, 0.3) is 5.56 Å². The first kappa shape index (κ1) is 24.2. The maximum Gasteiger partial charge on any atom is 0.289 e. The second kappa shape index (κ2) is 14.4. The first-order valence-electron chi connectivity index (χ1n) is 9.62. The van der Waals surface area contributed by atoms with E-state index in [9.17, 15) is 4.79 Å². The molecule has 26 heavy (non-hydrogen) atoms. The smallest absolute Gasteiger partial charge is 0.289 e. The molecule has 0 spiro atoms. The number of hydrogen-bond donors (Lipinski definition) is 0. The minimum Gasteiger partial charge on any atom is -0.485 e. The van der Waals surface area contributed by atoms with Crippen LogP contribution in [-0.2, 0) is 19.6 Å². The molecule has 0 fully saturated rings. The zero-order chi connectivity index (χ0) is 19.9. The molecule has 0 saturated carbocycles. The highest BCUT2D eigenvalue weighted by Gasteiger charge is 2.10. The molecule has 2 rings (SSSR count). The van der Waals surface area contributed by atoms with E-state index in [2.05, 4.69) is 31.1 Å². The van der Waals surface area contributed by atoms with Gasteiger partial charge in [0.05, 0.1) is 6.20 Å². The van der Waals surface area contributed by atoms with Crippen molar-refractivity contribution in [2.45, 2.75) is 74.0 Å². The highest BCUT2D eigenvalue weighted by molar-refractivity contribution is 6.31. The average Bonchev–Trinajstić information content (AvgIpc) is 2.72. The molecular weight excluding hydrogens is 348 g/mol. The maximum atomic E-state index is 12.1. The van der Waals surface area contributed by atoms with Crippen molar-refractivity contribution in [3.8, 4) is 5.75 Å². The maximum absolute atomic E-state index is 12.1. The molecule has 1 aromatic carbocycles. The van der Waals surface area contributed by atoms with Gasteiger partial charge in [0.2, 0.25) is 0 Å². The van der Waals surface area contributed by atoms with Crippen LogP contribution in [-0.4, -0.2) is 9.78 Å². The second-order valence-electron chi connectivity index (χ2n) is 5.16. The van der Waals surface area contributed by atoms with E-state index in [0.29, 0.717) is 18.9 Å². The van der Waals surface area contributed by atoms with Crippen molar-refractivity contribution >= 4 is 11.6 Å². The fourth-order valence-electron chi connectivity index (χ4n) is 2.05. The number of rotatable bonds is 7. The SMILES string of the molecule is CC.CC.CCCCn1ncc(OCc2ccc(CC)cc2)c(Cl)c1=O. The van der Waals surface area contributed by atoms with Crippen molar-refractivity contribution in [3.05, 3.63) is 57.0 Å². The van der Waals surface area contributed by atoms with E-state index >= 15 is 0 Å². The number of aromatic nitrogens is 2. The Kier molecular flexibility index (Phi) is 13.4. The minimum absolute atomic E-state index is 0.0938. The number of hydrogen-bond acceptors (Lipinski definition) is 3. The molecule has 0 aliphatic rings. The number of benzene rings is 1. The normalized spacial score (nSPS) is 9.50. The van der Waals surface area contributed by atoms with E-state index in [-0.39, 0.29) is 10.6 Å². The fourth-order valence-corrected chi connectivity index (χ4v) is 2.25. The third kappa shape index (κ3) is 7.61. The summed E-state index contributed by atoms with van der Waals surface area (Å²) < 4.78 is 7.01. The van der Waals surface area contributed by atoms with Crippen molar-refractivity contribution in [2.75, 3.05) is 0 Å². The summed E-state index contributed by atoms with van der Waals surface area (Å²) in [6.45, 7) is 13.1. The van der Waals surface area contributed by atoms with Crippen molar-refractivity contribution in [2.24, 2.45) is 0 Å². The Morgan fingerprint density at radius 3 is 2.15 bits per heavy atom. The Balaban J connectivity index is 0.00000146. The molecule has 0 bridgehead atoms. The highest BCUT2D eigenvalue weighted by atomic mass is 35.5. The van der Waals surface area contributed by atoms with Gasteiger partial charge in [0.15, 0.2) is 10.8 Å². The number of unbranched alkanes of at least 4 members (excludes halogenated alkanes) is 1. The summed E-state index contributed by atoms with van der Waals surface area (Å²) in [5.41, 5.74) is 2.01. The van der Waals surface area contributed by atoms with E-state index in [1.807, 2.05) is 39.8 Å². The molecule has 0 aliphatic heterocycles. The van der Waals surface area contributed by atoms with Crippen molar-refractivity contribution < 1.29 is 4.74 Å². The topological polar surface area (TPSA) is 44.1 Å². The molecule has 0 N–H and O–H groups in total. The molecular formula is C21H33ClN2O2. The lowest BCUT2D eigenvalue weighted by molar-refractivity contribution is 0.302. The van der Waals surface area contributed by atoms with Gasteiger partial charge < -0.3 is 4.74 Å². The Morgan fingerprint density at radius 2 is 1.62 bits per heavy atom. The summed E-state index contributed by atoms with van der Waals surface area (Å²) in [5.74, 6) is 0.332. The average molecular weight is 381 g/mol. The summed E-state index contributed by atoms with van der Waals surface area (Å²) in [7, 11) is 0. The monoisotopic (exact) mass is 380 g/mol. The van der Waals surface area contributed by atoms with Crippen LogP contribution >= 0.6 is 11.6 Å². The lowest BCUT2D eigenvalue weighted by atomic mass is 10.1. The summed E-state index contributed by atoms with van der Waals surface area (Å²) in [6.07, 6.45) is 4.41. The zero-order valence-electron chi connectivity index (χ0n) is 17.0. The molecule has 0 unspecified atom stereocenters. The lowest BCUT2D eigenvalue weighted by Gasteiger charge is -2.10. The fraction of sp³-hybridized carbons (Fsp3) is 0.524. The van der Waals surface area contributed by atoms with Crippen LogP contribution in [0.3, 0.4) is 0 Å². The molecule has 0 aliphatic carbocycles. The highest BCUT2D eigenvalue weighted by Crippen LogP contribution is 2.20. The van der Waals surface area contributed by atoms with Gasteiger partial charge in [0, 0.05) is 6.54 Å². The first-order chi connectivity index (χ1) is 12.7. The number of halogens is 1. The van der Waals surface area contributed by atoms with Crippen molar-refractivity contribution in [1.29, 1.82) is 0 Å². The van der Waals surface area contributed by atoms with Crippen LogP contribution in [0.15, 0.2) is 35.3 Å². The van der Waals surface area contributed by atoms with Gasteiger partial charge >= 0.3 is 0 Å². The Labute approximate surface area is 163 Å². The molecule has 1 heterocycles. The molecule has 0 saturated heterocycles. The van der Waals surface area contributed by atoms with Crippen LogP contribution in [0.1, 0.15) is 65.5 Å². The summed E-state index contributed by atoms with van der Waals surface area (Å²) in [6, 6.07) is 8.17. The van der Waals surface area contributed by atoms with Crippen LogP contribution in [0.25, 0.3) is 0 Å². The quantitative estimate of drug-likeness (QED) is 0.601. The molecule has 4 nitrogen and oxygen atoms in total.